The molecule has 1 rings (SSSR count). The second-order valence-corrected chi connectivity index (χ2v) is 8.17. The Kier molecular flexibility index (Phi) is 11.6. The van der Waals surface area contributed by atoms with Gasteiger partial charge in [-0.15, -0.1) is 0 Å². The maximum atomic E-state index is 13.9. The van der Waals surface area contributed by atoms with Crippen LogP contribution in [0, 0.1) is 11.8 Å². The van der Waals surface area contributed by atoms with Crippen LogP contribution in [0.25, 0.3) is 0 Å². The van der Waals surface area contributed by atoms with Crippen LogP contribution in [0.5, 0.6) is 0 Å². The van der Waals surface area contributed by atoms with Gasteiger partial charge >= 0.3 is 11.9 Å². The summed E-state index contributed by atoms with van der Waals surface area (Å²) in [7, 11) is 0. The van der Waals surface area contributed by atoms with Gasteiger partial charge in [-0.1, -0.05) is 31.9 Å². The number of carboxylic acids is 1. The van der Waals surface area contributed by atoms with E-state index in [9.17, 15) is 28.6 Å². The smallest absolute Gasteiger partial charge is 0.305 e. The van der Waals surface area contributed by atoms with Crippen molar-refractivity contribution < 1.29 is 33.7 Å². The lowest BCUT2D eigenvalue weighted by atomic mass is 9.85. The molecule has 0 aromatic rings. The Morgan fingerprint density at radius 2 is 1.69 bits per heavy atom. The molecule has 0 radical (unpaired) electrons. The van der Waals surface area contributed by atoms with Crippen LogP contribution < -0.4 is 0 Å². The Labute approximate surface area is 172 Å². The predicted octanol–water partition coefficient (Wildman–Crippen LogP) is 4.50. The topological polar surface area (TPSA) is 94.8 Å². The third-order valence-corrected chi connectivity index (χ3v) is 5.81. The number of alkyl halides is 2. The molecule has 0 unspecified atom stereocenters. The van der Waals surface area contributed by atoms with Crippen molar-refractivity contribution in [2.75, 3.05) is 0 Å². The first-order valence-electron chi connectivity index (χ1n) is 10.8. The summed E-state index contributed by atoms with van der Waals surface area (Å²) in [5.74, 6) is -5.78. The number of aliphatic carboxylic acids is 1. The van der Waals surface area contributed by atoms with Crippen LogP contribution in [-0.4, -0.2) is 45.2 Å². The molecule has 0 aromatic carbocycles. The molecule has 4 atom stereocenters. The fourth-order valence-electron chi connectivity index (χ4n) is 4.01. The monoisotopic (exact) mass is 418 g/mol. The number of ketones is 1. The van der Waals surface area contributed by atoms with Crippen molar-refractivity contribution >= 4 is 11.8 Å². The molecule has 1 aliphatic rings. The average molecular weight is 419 g/mol. The molecular weight excluding hydrogens is 382 g/mol. The number of aliphatic hydroxyl groups excluding tert-OH is 2. The molecule has 0 heterocycles. The van der Waals surface area contributed by atoms with E-state index in [1.54, 1.807) is 6.92 Å². The van der Waals surface area contributed by atoms with Crippen molar-refractivity contribution in [1.82, 2.24) is 0 Å². The van der Waals surface area contributed by atoms with Gasteiger partial charge < -0.3 is 15.3 Å². The maximum absolute atomic E-state index is 13.9. The van der Waals surface area contributed by atoms with Crippen molar-refractivity contribution in [3.63, 3.8) is 0 Å². The summed E-state index contributed by atoms with van der Waals surface area (Å²) >= 11 is 0. The zero-order valence-electron chi connectivity index (χ0n) is 17.4. The van der Waals surface area contributed by atoms with Crippen LogP contribution >= 0.6 is 0 Å². The van der Waals surface area contributed by atoms with Gasteiger partial charge in [0.2, 0.25) is 5.78 Å². The molecule has 0 spiro atoms. The van der Waals surface area contributed by atoms with E-state index < -0.39 is 36.3 Å². The standard InChI is InChI=1S/C22H36F2O5/c1-2-3-14-22(23,24)20(27)13-12-17-16(18(25)15-19(17)26)10-8-6-4-5-7-9-11-21(28)29/h6,8,16-19,25-26H,2-5,7,9-15H2,1H3,(H,28,29)/b8-6-/t16-,17-,18+,19-/m1/s1. The third kappa shape index (κ3) is 9.34. The van der Waals surface area contributed by atoms with Crippen LogP contribution in [0.3, 0.4) is 0 Å². The van der Waals surface area contributed by atoms with Gasteiger partial charge in [0.1, 0.15) is 0 Å². The van der Waals surface area contributed by atoms with Gasteiger partial charge in [0.15, 0.2) is 0 Å². The molecule has 0 amide bonds. The number of aliphatic hydroxyl groups is 2. The van der Waals surface area contributed by atoms with E-state index in [4.69, 9.17) is 5.11 Å². The SMILES string of the molecule is CCCCC(F)(F)C(=O)CC[C@@H]1[C@@H](C/C=C\CCCCCC(=O)O)[C@@H](O)C[C@H]1O. The normalized spacial score (nSPS) is 25.0. The number of halogens is 2. The Morgan fingerprint density at radius 1 is 1.00 bits per heavy atom. The van der Waals surface area contributed by atoms with Gasteiger partial charge in [0.05, 0.1) is 12.2 Å². The van der Waals surface area contributed by atoms with E-state index in [2.05, 4.69) is 0 Å². The fourth-order valence-corrected chi connectivity index (χ4v) is 4.01. The second-order valence-electron chi connectivity index (χ2n) is 8.17. The molecule has 1 saturated carbocycles. The highest BCUT2D eigenvalue weighted by Gasteiger charge is 2.43. The number of carbonyl (C=O) groups excluding carboxylic acids is 1. The van der Waals surface area contributed by atoms with Crippen molar-refractivity contribution in [3.8, 4) is 0 Å². The van der Waals surface area contributed by atoms with Crippen molar-refractivity contribution in [2.24, 2.45) is 11.8 Å². The molecule has 0 aromatic heterocycles. The van der Waals surface area contributed by atoms with E-state index >= 15 is 0 Å². The van der Waals surface area contributed by atoms with Gasteiger partial charge in [0, 0.05) is 19.3 Å². The summed E-state index contributed by atoms with van der Waals surface area (Å²) in [6.45, 7) is 1.80. The highest BCUT2D eigenvalue weighted by atomic mass is 19.3. The maximum Gasteiger partial charge on any atom is 0.305 e. The van der Waals surface area contributed by atoms with Crippen molar-refractivity contribution in [2.45, 2.75) is 102 Å². The van der Waals surface area contributed by atoms with Gasteiger partial charge in [-0.2, -0.15) is 8.78 Å². The molecule has 168 valence electrons. The summed E-state index contributed by atoms with van der Waals surface area (Å²) in [4.78, 5) is 22.4. The zero-order chi connectivity index (χ0) is 21.9. The molecule has 1 aliphatic carbocycles. The Morgan fingerprint density at radius 3 is 2.34 bits per heavy atom. The molecule has 0 bridgehead atoms. The number of unbranched alkanes of at least 4 members (excludes halogenated alkanes) is 4. The van der Waals surface area contributed by atoms with Crippen molar-refractivity contribution in [3.05, 3.63) is 12.2 Å². The lowest BCUT2D eigenvalue weighted by molar-refractivity contribution is -0.144. The fraction of sp³-hybridized carbons (Fsp3) is 0.818. The number of hydrogen-bond donors (Lipinski definition) is 3. The van der Waals surface area contributed by atoms with Gasteiger partial charge in [-0.25, -0.2) is 0 Å². The molecule has 7 heteroatoms. The summed E-state index contributed by atoms with van der Waals surface area (Å²) in [5.41, 5.74) is 0. The quantitative estimate of drug-likeness (QED) is 0.269. The first kappa shape index (κ1) is 25.7. The lowest BCUT2D eigenvalue weighted by Gasteiger charge is -2.23. The largest absolute Gasteiger partial charge is 0.481 e. The summed E-state index contributed by atoms with van der Waals surface area (Å²) in [5, 5.41) is 29.0. The van der Waals surface area contributed by atoms with E-state index in [0.717, 1.165) is 19.3 Å². The minimum absolute atomic E-state index is 0.159. The van der Waals surface area contributed by atoms with E-state index in [0.29, 0.717) is 25.7 Å². The molecule has 0 saturated heterocycles. The van der Waals surface area contributed by atoms with Gasteiger partial charge in [-0.05, 0) is 56.8 Å². The highest BCUT2D eigenvalue weighted by Crippen LogP contribution is 2.39. The first-order valence-corrected chi connectivity index (χ1v) is 10.8. The molecular formula is C22H36F2O5. The zero-order valence-corrected chi connectivity index (χ0v) is 17.4. The molecule has 0 aliphatic heterocycles. The predicted molar refractivity (Wildman–Crippen MR) is 107 cm³/mol. The number of allylic oxidation sites excluding steroid dienone is 2. The van der Waals surface area contributed by atoms with Crippen LogP contribution in [0.1, 0.15) is 84.0 Å². The summed E-state index contributed by atoms with van der Waals surface area (Å²) < 4.78 is 27.7. The summed E-state index contributed by atoms with van der Waals surface area (Å²) in [6, 6.07) is 0. The number of Topliss-reactive ketones (excluding diaryl/α,β-unsaturated/α-hetero) is 1. The highest BCUT2D eigenvalue weighted by molar-refractivity contribution is 5.85. The molecule has 1 fully saturated rings. The molecule has 29 heavy (non-hydrogen) atoms. The number of carbonyl (C=O) groups is 2. The molecule has 3 N–H and O–H groups in total. The van der Waals surface area contributed by atoms with E-state index in [-0.39, 0.29) is 37.5 Å². The molecule has 5 nitrogen and oxygen atoms in total. The number of carboxylic acid groups (broad SMARTS) is 1. The Bertz CT molecular complexity index is 535. The van der Waals surface area contributed by atoms with Crippen molar-refractivity contribution in [1.29, 1.82) is 0 Å². The first-order chi connectivity index (χ1) is 13.7. The second kappa shape index (κ2) is 13.1. The van der Waals surface area contributed by atoms with Crippen LogP contribution in [-0.2, 0) is 9.59 Å². The minimum atomic E-state index is -3.31. The van der Waals surface area contributed by atoms with Crippen LogP contribution in [0.4, 0.5) is 8.78 Å². The van der Waals surface area contributed by atoms with Gasteiger partial charge in [0.25, 0.3) is 0 Å². The number of rotatable bonds is 15. The van der Waals surface area contributed by atoms with Crippen LogP contribution in [0.15, 0.2) is 12.2 Å². The van der Waals surface area contributed by atoms with Gasteiger partial charge in [-0.3, -0.25) is 9.59 Å². The average Bonchev–Trinajstić information content (AvgIpc) is 2.92. The Hall–Kier alpha value is -1.34. The van der Waals surface area contributed by atoms with Crippen LogP contribution in [0.2, 0.25) is 0 Å². The minimum Gasteiger partial charge on any atom is -0.481 e. The van der Waals surface area contributed by atoms with E-state index in [1.807, 2.05) is 12.2 Å². The lowest BCUT2D eigenvalue weighted by Crippen LogP contribution is -2.30. The summed E-state index contributed by atoms with van der Waals surface area (Å²) in [6.07, 6.45) is 6.83. The van der Waals surface area contributed by atoms with E-state index in [1.165, 1.54) is 0 Å². The third-order valence-electron chi connectivity index (χ3n) is 5.81. The Balaban J connectivity index is 2.43. The number of hydrogen-bond acceptors (Lipinski definition) is 4.